The van der Waals surface area contributed by atoms with Crippen molar-refractivity contribution in [3.8, 4) is 34.2 Å². The molecule has 0 saturated carbocycles. The van der Waals surface area contributed by atoms with Crippen molar-refractivity contribution >= 4 is 90.4 Å². The third kappa shape index (κ3) is 4.53. The fraction of sp³-hybridized carbons (Fsp3) is 0.0870. The number of rotatable bonds is 3. The van der Waals surface area contributed by atoms with Crippen molar-refractivity contribution in [2.75, 3.05) is 0 Å². The normalized spacial score (nSPS) is 11.0. The number of hydrogen-bond acceptors (Lipinski definition) is 3. The number of benzene rings is 3. The summed E-state index contributed by atoms with van der Waals surface area (Å²) in [6, 6.07) is 18.8. The van der Waals surface area contributed by atoms with Gasteiger partial charge in [-0.3, -0.25) is 0 Å². The Labute approximate surface area is 230 Å². The lowest BCUT2D eigenvalue weighted by molar-refractivity contribution is 1.06. The van der Waals surface area contributed by atoms with Gasteiger partial charge in [0.1, 0.15) is 0 Å². The molecule has 150 valence electrons. The Balaban J connectivity index is 2.08. The molecule has 0 aliphatic heterocycles. The van der Waals surface area contributed by atoms with Crippen molar-refractivity contribution in [2.45, 2.75) is 13.8 Å². The number of hydrogen-bond donors (Lipinski definition) is 0. The van der Waals surface area contributed by atoms with Crippen molar-refractivity contribution in [3.63, 3.8) is 0 Å². The standard InChI is InChI=1S/C23H15I4N3/c1-12-6-3-8-14(24)18(12)21-28-22(19-13(2)7-4-9-15(19)25)30-23(29-21)20-16(26)10-5-11-17(20)27/h3-11H,1-2H3. The van der Waals surface area contributed by atoms with Crippen molar-refractivity contribution in [2.24, 2.45) is 0 Å². The highest BCUT2D eigenvalue weighted by atomic mass is 127. The Hall–Kier alpha value is -0.410. The Bertz CT molecular complexity index is 1040. The molecule has 7 heteroatoms. The second kappa shape index (κ2) is 9.61. The first kappa shape index (κ1) is 22.8. The number of nitrogens with zero attached hydrogens (tertiary/aromatic N) is 3. The van der Waals surface area contributed by atoms with E-state index in [0.29, 0.717) is 17.5 Å². The van der Waals surface area contributed by atoms with Gasteiger partial charge < -0.3 is 0 Å². The molecule has 1 aromatic heterocycles. The Morgan fingerprint density at radius 3 is 1.13 bits per heavy atom. The quantitative estimate of drug-likeness (QED) is 0.197. The maximum atomic E-state index is 4.97. The van der Waals surface area contributed by atoms with E-state index in [9.17, 15) is 0 Å². The molecule has 0 spiro atoms. The van der Waals surface area contributed by atoms with Crippen LogP contribution >= 0.6 is 90.4 Å². The summed E-state index contributed by atoms with van der Waals surface area (Å²) in [7, 11) is 0. The van der Waals surface area contributed by atoms with Crippen LogP contribution in [0.2, 0.25) is 0 Å². The minimum Gasteiger partial charge on any atom is -0.208 e. The molecule has 0 unspecified atom stereocenters. The molecule has 0 aliphatic rings. The van der Waals surface area contributed by atoms with Gasteiger partial charge in [-0.15, -0.1) is 0 Å². The average molecular weight is 841 g/mol. The molecule has 3 aromatic carbocycles. The fourth-order valence-corrected chi connectivity index (χ4v) is 7.00. The zero-order chi connectivity index (χ0) is 21.4. The van der Waals surface area contributed by atoms with Crippen LogP contribution < -0.4 is 0 Å². The van der Waals surface area contributed by atoms with Gasteiger partial charge >= 0.3 is 0 Å². The van der Waals surface area contributed by atoms with Crippen LogP contribution in [0.5, 0.6) is 0 Å². The summed E-state index contributed by atoms with van der Waals surface area (Å²) in [5.74, 6) is 2.14. The zero-order valence-electron chi connectivity index (χ0n) is 16.0. The van der Waals surface area contributed by atoms with Crippen LogP contribution in [-0.4, -0.2) is 15.0 Å². The predicted octanol–water partition coefficient (Wildman–Crippen LogP) is 7.91. The van der Waals surface area contributed by atoms with Crippen molar-refractivity contribution < 1.29 is 0 Å². The minimum atomic E-state index is 0.711. The van der Waals surface area contributed by atoms with E-state index in [-0.39, 0.29) is 0 Å². The third-order valence-corrected chi connectivity index (χ3v) is 8.31. The molecule has 0 fully saturated rings. The summed E-state index contributed by atoms with van der Waals surface area (Å²) in [4.78, 5) is 14.9. The van der Waals surface area contributed by atoms with E-state index in [4.69, 9.17) is 15.0 Å². The van der Waals surface area contributed by atoms with Gasteiger partial charge in [0.15, 0.2) is 17.5 Å². The van der Waals surface area contributed by atoms with Crippen molar-refractivity contribution in [3.05, 3.63) is 80.0 Å². The first-order valence-electron chi connectivity index (χ1n) is 9.08. The second-order valence-electron chi connectivity index (χ2n) is 6.77. The third-order valence-electron chi connectivity index (χ3n) is 4.71. The second-order valence-corrected chi connectivity index (χ2v) is 11.4. The van der Waals surface area contributed by atoms with E-state index in [1.807, 2.05) is 0 Å². The molecule has 0 atom stereocenters. The maximum absolute atomic E-state index is 4.97. The lowest BCUT2D eigenvalue weighted by Gasteiger charge is -2.14. The summed E-state index contributed by atoms with van der Waals surface area (Å²) >= 11 is 9.45. The molecule has 4 aromatic rings. The van der Waals surface area contributed by atoms with Gasteiger partial charge in [-0.1, -0.05) is 30.3 Å². The largest absolute Gasteiger partial charge is 0.208 e. The van der Waals surface area contributed by atoms with Gasteiger partial charge in [0.2, 0.25) is 0 Å². The van der Waals surface area contributed by atoms with E-state index < -0.39 is 0 Å². The van der Waals surface area contributed by atoms with Gasteiger partial charge in [0.25, 0.3) is 0 Å². The SMILES string of the molecule is Cc1cccc(I)c1-c1nc(-c2c(C)cccc2I)nc(-c2c(I)cccc2I)n1. The molecule has 0 bridgehead atoms. The van der Waals surface area contributed by atoms with Gasteiger partial charge in [-0.25, -0.2) is 15.0 Å². The first-order chi connectivity index (χ1) is 14.4. The van der Waals surface area contributed by atoms with E-state index in [2.05, 4.69) is 159 Å². The topological polar surface area (TPSA) is 38.7 Å². The molecule has 4 rings (SSSR count). The van der Waals surface area contributed by atoms with Gasteiger partial charge in [-0.05, 0) is 140 Å². The lowest BCUT2D eigenvalue weighted by Crippen LogP contribution is -2.05. The number of aromatic nitrogens is 3. The molecular weight excluding hydrogens is 826 g/mol. The molecule has 0 radical (unpaired) electrons. The smallest absolute Gasteiger partial charge is 0.166 e. The monoisotopic (exact) mass is 841 g/mol. The van der Waals surface area contributed by atoms with Gasteiger partial charge in [-0.2, -0.15) is 0 Å². The zero-order valence-corrected chi connectivity index (χ0v) is 24.7. The molecule has 3 nitrogen and oxygen atoms in total. The van der Waals surface area contributed by atoms with E-state index in [1.54, 1.807) is 0 Å². The lowest BCUT2D eigenvalue weighted by atomic mass is 10.1. The number of aryl methyl sites for hydroxylation is 2. The first-order valence-corrected chi connectivity index (χ1v) is 13.4. The highest BCUT2D eigenvalue weighted by Gasteiger charge is 2.20. The Morgan fingerprint density at radius 2 is 0.767 bits per heavy atom. The molecular formula is C23H15I4N3. The fourth-order valence-electron chi connectivity index (χ4n) is 3.25. The summed E-state index contributed by atoms with van der Waals surface area (Å²) in [5, 5.41) is 0. The molecule has 0 amide bonds. The predicted molar refractivity (Wildman–Crippen MR) is 156 cm³/mol. The molecule has 0 N–H and O–H groups in total. The number of halogens is 4. The van der Waals surface area contributed by atoms with Crippen molar-refractivity contribution in [1.82, 2.24) is 15.0 Å². The Kier molecular flexibility index (Phi) is 7.29. The van der Waals surface area contributed by atoms with Crippen LogP contribution in [0.3, 0.4) is 0 Å². The van der Waals surface area contributed by atoms with Crippen molar-refractivity contribution in [1.29, 1.82) is 0 Å². The van der Waals surface area contributed by atoms with E-state index in [0.717, 1.165) is 42.1 Å². The summed E-state index contributed by atoms with van der Waals surface area (Å²) in [6.07, 6.45) is 0. The van der Waals surface area contributed by atoms with E-state index in [1.165, 1.54) is 0 Å². The summed E-state index contributed by atoms with van der Waals surface area (Å²) < 4.78 is 4.52. The summed E-state index contributed by atoms with van der Waals surface area (Å²) in [6.45, 7) is 4.21. The Morgan fingerprint density at radius 1 is 0.467 bits per heavy atom. The molecule has 1 heterocycles. The van der Waals surface area contributed by atoms with Gasteiger partial charge in [0.05, 0.1) is 0 Å². The van der Waals surface area contributed by atoms with Crippen LogP contribution in [-0.2, 0) is 0 Å². The highest BCUT2D eigenvalue weighted by Crippen LogP contribution is 2.34. The van der Waals surface area contributed by atoms with E-state index >= 15 is 0 Å². The average Bonchev–Trinajstić information content (AvgIpc) is 2.67. The highest BCUT2D eigenvalue weighted by molar-refractivity contribution is 14.1. The van der Waals surface area contributed by atoms with Gasteiger partial charge in [0, 0.05) is 31.0 Å². The summed E-state index contributed by atoms with van der Waals surface area (Å²) in [5.41, 5.74) is 5.49. The molecule has 0 saturated heterocycles. The van der Waals surface area contributed by atoms with Crippen LogP contribution in [0, 0.1) is 28.1 Å². The molecule has 0 aliphatic carbocycles. The minimum absolute atomic E-state index is 0.711. The van der Waals surface area contributed by atoms with Crippen LogP contribution in [0.1, 0.15) is 11.1 Å². The maximum Gasteiger partial charge on any atom is 0.166 e. The van der Waals surface area contributed by atoms with Crippen LogP contribution in [0.15, 0.2) is 54.6 Å². The molecule has 30 heavy (non-hydrogen) atoms. The van der Waals surface area contributed by atoms with Crippen LogP contribution in [0.4, 0.5) is 0 Å². The van der Waals surface area contributed by atoms with Crippen LogP contribution in [0.25, 0.3) is 34.2 Å².